The van der Waals surface area contributed by atoms with Crippen molar-refractivity contribution < 1.29 is 29.3 Å². The molecule has 1 aromatic carbocycles. The highest BCUT2D eigenvalue weighted by atomic mass is 16.5. The van der Waals surface area contributed by atoms with Gasteiger partial charge in [0, 0.05) is 11.3 Å². The van der Waals surface area contributed by atoms with Crippen LogP contribution in [0.2, 0.25) is 0 Å². The second-order valence-corrected chi connectivity index (χ2v) is 9.85. The van der Waals surface area contributed by atoms with Crippen molar-refractivity contribution in [2.24, 2.45) is 0 Å². The first-order valence-corrected chi connectivity index (χ1v) is 13.8. The van der Waals surface area contributed by atoms with E-state index >= 15 is 0 Å². The maximum atomic E-state index is 12.6. The summed E-state index contributed by atoms with van der Waals surface area (Å²) in [6.45, 7) is 3.71. The average molecular weight is 517 g/mol. The molecule has 3 amide bonds. The molecule has 0 aliphatic carbocycles. The molecule has 0 fully saturated rings. The summed E-state index contributed by atoms with van der Waals surface area (Å²) in [7, 11) is 1.46. The third kappa shape index (κ3) is 8.79. The summed E-state index contributed by atoms with van der Waals surface area (Å²) in [4.78, 5) is 37.3. The Morgan fingerprint density at radius 1 is 0.919 bits per heavy atom. The third-order valence-electron chi connectivity index (χ3n) is 7.08. The van der Waals surface area contributed by atoms with Gasteiger partial charge in [-0.15, -0.1) is 0 Å². The minimum Gasteiger partial charge on any atom is -0.496 e. The zero-order valence-electron chi connectivity index (χ0n) is 22.7. The molecule has 37 heavy (non-hydrogen) atoms. The van der Waals surface area contributed by atoms with Gasteiger partial charge in [-0.2, -0.15) is 0 Å². The van der Waals surface area contributed by atoms with Gasteiger partial charge in [0.2, 0.25) is 0 Å². The van der Waals surface area contributed by atoms with Gasteiger partial charge >= 0.3 is 18.1 Å². The van der Waals surface area contributed by atoms with E-state index in [1.165, 1.54) is 78.2 Å². The molecule has 1 unspecified atom stereocenters. The number of nitrogens with zero attached hydrogens (tertiary/aromatic N) is 1. The minimum absolute atomic E-state index is 0.123. The van der Waals surface area contributed by atoms with E-state index in [1.54, 1.807) is 6.07 Å². The molecule has 8 heteroatoms. The molecule has 0 saturated heterocycles. The Bertz CT molecular complexity index is 942. The van der Waals surface area contributed by atoms with E-state index in [0.29, 0.717) is 22.6 Å². The number of methoxy groups -OCH3 is 1. The number of rotatable bonds is 17. The fourth-order valence-electron chi connectivity index (χ4n) is 5.12. The Labute approximate surface area is 221 Å². The largest absolute Gasteiger partial charge is 0.496 e. The fourth-order valence-corrected chi connectivity index (χ4v) is 5.12. The summed E-state index contributed by atoms with van der Waals surface area (Å²) < 4.78 is 5.52. The van der Waals surface area contributed by atoms with Gasteiger partial charge in [0.05, 0.1) is 12.7 Å². The van der Waals surface area contributed by atoms with E-state index in [-0.39, 0.29) is 11.3 Å². The van der Waals surface area contributed by atoms with Crippen LogP contribution >= 0.6 is 0 Å². The zero-order valence-corrected chi connectivity index (χ0v) is 22.7. The predicted octanol–water partition coefficient (Wildman–Crippen LogP) is 7.43. The lowest BCUT2D eigenvalue weighted by Gasteiger charge is -2.35. The van der Waals surface area contributed by atoms with Gasteiger partial charge in [0.25, 0.3) is 0 Å². The van der Waals surface area contributed by atoms with Crippen LogP contribution in [0.3, 0.4) is 0 Å². The molecule has 206 valence electrons. The highest BCUT2D eigenvalue weighted by Gasteiger charge is 2.43. The molecule has 1 aliphatic heterocycles. The van der Waals surface area contributed by atoms with E-state index in [1.807, 2.05) is 12.1 Å². The number of nitrogens with one attached hydrogen (secondary N) is 1. The van der Waals surface area contributed by atoms with Gasteiger partial charge in [-0.3, -0.25) is 0 Å². The number of allylic oxidation sites excluding steroid dienone is 1. The van der Waals surface area contributed by atoms with Crippen LogP contribution in [-0.2, 0) is 11.2 Å². The molecular formula is C29H44N2O6. The first-order chi connectivity index (χ1) is 17.8. The number of imide groups is 1. The van der Waals surface area contributed by atoms with E-state index in [9.17, 15) is 24.6 Å². The van der Waals surface area contributed by atoms with Crippen molar-refractivity contribution in [1.82, 2.24) is 10.2 Å². The van der Waals surface area contributed by atoms with Crippen LogP contribution in [0.25, 0.3) is 0 Å². The van der Waals surface area contributed by atoms with Gasteiger partial charge in [0.15, 0.2) is 0 Å². The maximum Gasteiger partial charge on any atom is 0.416 e. The normalized spacial score (nSPS) is 15.6. The van der Waals surface area contributed by atoms with Crippen molar-refractivity contribution >= 4 is 18.1 Å². The third-order valence-corrected chi connectivity index (χ3v) is 7.08. The number of unbranched alkanes of at least 4 members (excludes halogenated alkanes) is 12. The number of carboxylic acids is 1. The molecule has 2 rings (SSSR count). The van der Waals surface area contributed by atoms with E-state index in [0.717, 1.165) is 24.8 Å². The summed E-state index contributed by atoms with van der Waals surface area (Å²) in [6.07, 6.45) is 15.2. The second kappa shape index (κ2) is 15.9. The molecule has 0 bridgehead atoms. The number of carbonyl (C=O) groups excluding carboxylic acids is 1. The summed E-state index contributed by atoms with van der Waals surface area (Å²) >= 11 is 0. The predicted molar refractivity (Wildman–Crippen MR) is 144 cm³/mol. The second-order valence-electron chi connectivity index (χ2n) is 9.85. The van der Waals surface area contributed by atoms with Crippen molar-refractivity contribution in [3.63, 3.8) is 0 Å². The van der Waals surface area contributed by atoms with Crippen molar-refractivity contribution in [3.8, 4) is 5.75 Å². The summed E-state index contributed by atoms with van der Waals surface area (Å²) in [5.41, 5.74) is 1.15. The number of hydrogen-bond acceptors (Lipinski definition) is 4. The van der Waals surface area contributed by atoms with Gasteiger partial charge in [-0.1, -0.05) is 96.1 Å². The molecular weight excluding hydrogens is 472 g/mol. The SMILES string of the molecule is CCCCCCCCCCCCCCCc1cccc(OC)c1C1C(C(=O)O)=C(C)NC(=O)N1C(=O)O. The molecule has 1 heterocycles. The molecule has 8 nitrogen and oxygen atoms in total. The highest BCUT2D eigenvalue weighted by Crippen LogP contribution is 2.41. The van der Waals surface area contributed by atoms with Crippen LogP contribution in [0, 0.1) is 0 Å². The Morgan fingerprint density at radius 2 is 1.46 bits per heavy atom. The van der Waals surface area contributed by atoms with Crippen LogP contribution in [0.4, 0.5) is 9.59 Å². The van der Waals surface area contributed by atoms with Crippen molar-refractivity contribution in [3.05, 3.63) is 40.6 Å². The number of benzene rings is 1. The highest BCUT2D eigenvalue weighted by molar-refractivity contribution is 5.99. The molecule has 0 radical (unpaired) electrons. The monoisotopic (exact) mass is 516 g/mol. The Morgan fingerprint density at radius 3 is 1.95 bits per heavy atom. The fraction of sp³-hybridized carbons (Fsp3) is 0.621. The van der Waals surface area contributed by atoms with Crippen LogP contribution in [0.1, 0.15) is 114 Å². The number of aryl methyl sites for hydroxylation is 1. The molecule has 0 saturated carbocycles. The Hall–Kier alpha value is -3.03. The number of urea groups is 1. The lowest BCUT2D eigenvalue weighted by Crippen LogP contribution is -2.50. The van der Waals surface area contributed by atoms with E-state index in [2.05, 4.69) is 12.2 Å². The smallest absolute Gasteiger partial charge is 0.416 e. The van der Waals surface area contributed by atoms with Crippen molar-refractivity contribution in [1.29, 1.82) is 0 Å². The average Bonchev–Trinajstić information content (AvgIpc) is 2.85. The van der Waals surface area contributed by atoms with Gasteiger partial charge in [-0.25, -0.2) is 19.3 Å². The van der Waals surface area contributed by atoms with Crippen LogP contribution in [0.5, 0.6) is 5.75 Å². The number of carbonyl (C=O) groups is 3. The van der Waals surface area contributed by atoms with Gasteiger partial charge in [0.1, 0.15) is 11.8 Å². The first-order valence-electron chi connectivity index (χ1n) is 13.8. The lowest BCUT2D eigenvalue weighted by molar-refractivity contribution is -0.133. The van der Waals surface area contributed by atoms with Crippen LogP contribution in [0.15, 0.2) is 29.5 Å². The number of ether oxygens (including phenoxy) is 1. The summed E-state index contributed by atoms with van der Waals surface area (Å²) in [5.74, 6) is -0.920. The molecule has 1 aromatic rings. The Balaban J connectivity index is 1.99. The molecule has 1 atom stereocenters. The minimum atomic E-state index is -1.52. The van der Waals surface area contributed by atoms with Crippen molar-refractivity contribution in [2.45, 2.75) is 110 Å². The molecule has 3 N–H and O–H groups in total. The summed E-state index contributed by atoms with van der Waals surface area (Å²) in [5, 5.41) is 22.1. The van der Waals surface area contributed by atoms with E-state index in [4.69, 9.17) is 4.74 Å². The van der Waals surface area contributed by atoms with Crippen LogP contribution in [-0.4, -0.2) is 40.3 Å². The van der Waals surface area contributed by atoms with E-state index < -0.39 is 24.1 Å². The first kappa shape index (κ1) is 30.2. The molecule has 1 aliphatic rings. The Kier molecular flexibility index (Phi) is 13.0. The zero-order chi connectivity index (χ0) is 27.2. The molecule has 0 spiro atoms. The molecule has 0 aromatic heterocycles. The lowest BCUT2D eigenvalue weighted by atomic mass is 9.88. The van der Waals surface area contributed by atoms with Crippen LogP contribution < -0.4 is 10.1 Å². The number of hydrogen-bond donors (Lipinski definition) is 3. The van der Waals surface area contributed by atoms with Gasteiger partial charge in [-0.05, 0) is 31.4 Å². The summed E-state index contributed by atoms with van der Waals surface area (Å²) in [6, 6.07) is 3.17. The van der Waals surface area contributed by atoms with Crippen molar-refractivity contribution in [2.75, 3.05) is 7.11 Å². The standard InChI is InChI=1S/C29H44N2O6/c1-4-5-6-7-8-9-10-11-12-13-14-15-16-18-22-19-17-20-23(37-3)25(22)26-24(27(32)33)21(2)30-28(34)31(26)29(35)36/h17,19-20,26H,4-16,18H2,1-3H3,(H,30,34)(H,32,33)(H,35,36). The number of amides is 3. The maximum absolute atomic E-state index is 12.6. The number of aliphatic carboxylic acids is 1. The topological polar surface area (TPSA) is 116 Å². The quantitative estimate of drug-likeness (QED) is 0.185. The van der Waals surface area contributed by atoms with Gasteiger partial charge < -0.3 is 20.3 Å². The number of carboxylic acid groups (broad SMARTS) is 2.